The van der Waals surface area contributed by atoms with Gasteiger partial charge in [0, 0.05) is 38.8 Å². The molecule has 178 valence electrons. The normalized spacial score (nSPS) is 23.9. The standard InChI is InChI=1S/C26H42N4O2/c1-2-27-26(29-23-11-14-30(15-12-23)19-22-13-16-31-20-22)28-18-21-7-6-10-25(17-21)32-24-8-4-3-5-9-24/h6-7,10,17,22-24H,2-5,8-9,11-16,18-20H2,1H3,(H2,27,28,29). The molecule has 1 unspecified atom stereocenters. The quantitative estimate of drug-likeness (QED) is 0.472. The van der Waals surface area contributed by atoms with Gasteiger partial charge in [0.15, 0.2) is 5.96 Å². The maximum absolute atomic E-state index is 6.24. The maximum atomic E-state index is 6.24. The van der Waals surface area contributed by atoms with E-state index in [1.165, 1.54) is 63.5 Å². The predicted molar refractivity (Wildman–Crippen MR) is 130 cm³/mol. The van der Waals surface area contributed by atoms with Gasteiger partial charge >= 0.3 is 0 Å². The van der Waals surface area contributed by atoms with E-state index in [9.17, 15) is 0 Å². The van der Waals surface area contributed by atoms with Crippen LogP contribution < -0.4 is 15.4 Å². The second-order valence-electron chi connectivity index (χ2n) is 9.67. The molecule has 6 heteroatoms. The molecule has 1 atom stereocenters. The highest BCUT2D eigenvalue weighted by molar-refractivity contribution is 5.80. The molecule has 3 aliphatic rings. The average molecular weight is 443 g/mol. The molecule has 1 saturated carbocycles. The van der Waals surface area contributed by atoms with Gasteiger partial charge in [-0.05, 0) is 75.5 Å². The summed E-state index contributed by atoms with van der Waals surface area (Å²) in [7, 11) is 0. The number of benzene rings is 1. The largest absolute Gasteiger partial charge is 0.490 e. The minimum absolute atomic E-state index is 0.383. The summed E-state index contributed by atoms with van der Waals surface area (Å²) in [4.78, 5) is 7.49. The van der Waals surface area contributed by atoms with Crippen molar-refractivity contribution in [1.82, 2.24) is 15.5 Å². The lowest BCUT2D eigenvalue weighted by Crippen LogP contribution is -2.49. The molecule has 2 N–H and O–H groups in total. The number of guanidine groups is 1. The van der Waals surface area contributed by atoms with Crippen molar-refractivity contribution in [2.24, 2.45) is 10.9 Å². The molecule has 4 rings (SSSR count). The Balaban J connectivity index is 1.25. The minimum atomic E-state index is 0.383. The highest BCUT2D eigenvalue weighted by Crippen LogP contribution is 2.24. The molecule has 0 amide bonds. The Labute approximate surface area is 194 Å². The SMILES string of the molecule is CCNC(=NCc1cccc(OC2CCCCC2)c1)NC1CCN(CC2CCOC2)CC1. The summed E-state index contributed by atoms with van der Waals surface area (Å²) >= 11 is 0. The van der Waals surface area contributed by atoms with Crippen LogP contribution in [0.15, 0.2) is 29.3 Å². The lowest BCUT2D eigenvalue weighted by Gasteiger charge is -2.34. The molecular formula is C26H42N4O2. The van der Waals surface area contributed by atoms with Crippen molar-refractivity contribution in [2.45, 2.75) is 77.0 Å². The smallest absolute Gasteiger partial charge is 0.191 e. The summed E-state index contributed by atoms with van der Waals surface area (Å²) in [5.74, 6) is 2.65. The van der Waals surface area contributed by atoms with E-state index in [4.69, 9.17) is 14.5 Å². The zero-order valence-corrected chi connectivity index (χ0v) is 19.9. The molecule has 0 bridgehead atoms. The Morgan fingerprint density at radius 3 is 2.72 bits per heavy atom. The molecule has 1 aromatic carbocycles. The first kappa shape index (κ1) is 23.4. The fraction of sp³-hybridized carbons (Fsp3) is 0.731. The fourth-order valence-corrected chi connectivity index (χ4v) is 5.13. The van der Waals surface area contributed by atoms with Crippen LogP contribution in [0.1, 0.15) is 63.9 Å². The van der Waals surface area contributed by atoms with Crippen LogP contribution in [0.3, 0.4) is 0 Å². The van der Waals surface area contributed by atoms with E-state index < -0.39 is 0 Å². The molecule has 32 heavy (non-hydrogen) atoms. The zero-order valence-electron chi connectivity index (χ0n) is 19.9. The van der Waals surface area contributed by atoms with Crippen molar-refractivity contribution in [3.05, 3.63) is 29.8 Å². The number of likely N-dealkylation sites (tertiary alicyclic amines) is 1. The summed E-state index contributed by atoms with van der Waals surface area (Å²) in [6.45, 7) is 9.07. The fourth-order valence-electron chi connectivity index (χ4n) is 5.13. The second-order valence-corrected chi connectivity index (χ2v) is 9.67. The van der Waals surface area contributed by atoms with Crippen LogP contribution >= 0.6 is 0 Å². The summed E-state index contributed by atoms with van der Waals surface area (Å²) in [6.07, 6.45) is 10.2. The summed E-state index contributed by atoms with van der Waals surface area (Å²) < 4.78 is 11.8. The molecule has 1 aromatic rings. The predicted octanol–water partition coefficient (Wildman–Crippen LogP) is 3.95. The van der Waals surface area contributed by atoms with E-state index >= 15 is 0 Å². The van der Waals surface area contributed by atoms with Gasteiger partial charge in [0.1, 0.15) is 5.75 Å². The number of nitrogens with one attached hydrogen (secondary N) is 2. The number of hydrogen-bond acceptors (Lipinski definition) is 4. The third-order valence-corrected chi connectivity index (χ3v) is 6.99. The van der Waals surface area contributed by atoms with Gasteiger partial charge in [-0.2, -0.15) is 0 Å². The highest BCUT2D eigenvalue weighted by atomic mass is 16.5. The zero-order chi connectivity index (χ0) is 22.0. The Hall–Kier alpha value is -1.79. The number of nitrogens with zero attached hydrogens (tertiary/aromatic N) is 2. The topological polar surface area (TPSA) is 58.1 Å². The number of piperidine rings is 1. The van der Waals surface area contributed by atoms with Gasteiger partial charge in [0.25, 0.3) is 0 Å². The molecule has 2 aliphatic heterocycles. The minimum Gasteiger partial charge on any atom is -0.490 e. The second kappa shape index (κ2) is 12.4. The summed E-state index contributed by atoms with van der Waals surface area (Å²) in [6, 6.07) is 8.97. The molecule has 0 aromatic heterocycles. The lowest BCUT2D eigenvalue weighted by atomic mass is 9.98. The van der Waals surface area contributed by atoms with Crippen LogP contribution in [-0.4, -0.2) is 62.4 Å². The van der Waals surface area contributed by atoms with Crippen molar-refractivity contribution < 1.29 is 9.47 Å². The van der Waals surface area contributed by atoms with Crippen LogP contribution in [0.25, 0.3) is 0 Å². The summed E-state index contributed by atoms with van der Waals surface area (Å²) in [5.41, 5.74) is 1.20. The monoisotopic (exact) mass is 442 g/mol. The molecular weight excluding hydrogens is 400 g/mol. The van der Waals surface area contributed by atoms with Crippen LogP contribution in [0.4, 0.5) is 0 Å². The lowest BCUT2D eigenvalue weighted by molar-refractivity contribution is 0.150. The number of hydrogen-bond donors (Lipinski definition) is 2. The van der Waals surface area contributed by atoms with Crippen molar-refractivity contribution >= 4 is 5.96 Å². The Morgan fingerprint density at radius 1 is 1.12 bits per heavy atom. The first-order valence-corrected chi connectivity index (χ1v) is 12.9. The van der Waals surface area contributed by atoms with Crippen molar-refractivity contribution in [1.29, 1.82) is 0 Å². The Kier molecular flexibility index (Phi) is 9.09. The van der Waals surface area contributed by atoms with E-state index in [2.05, 4.69) is 46.7 Å². The van der Waals surface area contributed by atoms with Gasteiger partial charge < -0.3 is 25.0 Å². The third-order valence-electron chi connectivity index (χ3n) is 6.99. The number of aliphatic imine (C=N–C) groups is 1. The van der Waals surface area contributed by atoms with Gasteiger partial charge in [-0.15, -0.1) is 0 Å². The molecule has 2 saturated heterocycles. The highest BCUT2D eigenvalue weighted by Gasteiger charge is 2.24. The van der Waals surface area contributed by atoms with E-state index in [0.29, 0.717) is 18.7 Å². The van der Waals surface area contributed by atoms with Crippen LogP contribution in [0.2, 0.25) is 0 Å². The van der Waals surface area contributed by atoms with Crippen molar-refractivity contribution in [3.63, 3.8) is 0 Å². The molecule has 3 fully saturated rings. The first-order valence-electron chi connectivity index (χ1n) is 12.9. The first-order chi connectivity index (χ1) is 15.8. The molecule has 2 heterocycles. The third kappa shape index (κ3) is 7.38. The molecule has 1 aliphatic carbocycles. The van der Waals surface area contributed by atoms with Crippen molar-refractivity contribution in [3.8, 4) is 5.75 Å². The van der Waals surface area contributed by atoms with Gasteiger partial charge in [-0.25, -0.2) is 4.99 Å². The van der Waals surface area contributed by atoms with Gasteiger partial charge in [-0.1, -0.05) is 18.6 Å². The van der Waals surface area contributed by atoms with Crippen molar-refractivity contribution in [2.75, 3.05) is 39.4 Å². The van der Waals surface area contributed by atoms with Gasteiger partial charge in [-0.3, -0.25) is 0 Å². The Bertz CT molecular complexity index is 706. The van der Waals surface area contributed by atoms with E-state index in [1.54, 1.807) is 0 Å². The average Bonchev–Trinajstić information content (AvgIpc) is 3.33. The summed E-state index contributed by atoms with van der Waals surface area (Å²) in [5, 5.41) is 7.11. The number of ether oxygens (including phenoxy) is 2. The Morgan fingerprint density at radius 2 is 1.97 bits per heavy atom. The molecule has 6 nitrogen and oxygen atoms in total. The van der Waals surface area contributed by atoms with Crippen LogP contribution in [-0.2, 0) is 11.3 Å². The van der Waals surface area contributed by atoms with E-state index in [-0.39, 0.29) is 0 Å². The maximum Gasteiger partial charge on any atom is 0.191 e. The van der Waals surface area contributed by atoms with E-state index in [1.807, 2.05) is 0 Å². The number of rotatable bonds is 8. The van der Waals surface area contributed by atoms with E-state index in [0.717, 1.165) is 50.5 Å². The van der Waals surface area contributed by atoms with Crippen LogP contribution in [0, 0.1) is 5.92 Å². The molecule has 0 radical (unpaired) electrons. The van der Waals surface area contributed by atoms with Gasteiger partial charge in [0.05, 0.1) is 19.3 Å². The molecule has 0 spiro atoms. The van der Waals surface area contributed by atoms with Crippen LogP contribution in [0.5, 0.6) is 5.75 Å². The van der Waals surface area contributed by atoms with Gasteiger partial charge in [0.2, 0.25) is 0 Å².